The summed E-state index contributed by atoms with van der Waals surface area (Å²) in [4.78, 5) is 10.7. The first-order valence-electron chi connectivity index (χ1n) is 4.77. The molecule has 0 aromatic heterocycles. The first-order valence-corrected chi connectivity index (χ1v) is 4.77. The fourth-order valence-electron chi connectivity index (χ4n) is 1.34. The maximum Gasteiger partial charge on any atom is 0.161 e. The lowest BCUT2D eigenvalue weighted by molar-refractivity contribution is -0.108. The van der Waals surface area contributed by atoms with Gasteiger partial charge in [-0.05, 0) is 13.0 Å². The third kappa shape index (κ3) is 2.37. The van der Waals surface area contributed by atoms with Crippen LogP contribution < -0.4 is 4.74 Å². The van der Waals surface area contributed by atoms with Gasteiger partial charge in [-0.25, -0.2) is 0 Å². The SMILES string of the molecule is C=CC(C=O)c1cccc(OCC)c1O. The Labute approximate surface area is 89.0 Å². The molecule has 0 saturated heterocycles. The van der Waals surface area contributed by atoms with E-state index in [1.165, 1.54) is 6.08 Å². The molecule has 0 amide bonds. The number of carbonyl (C=O) groups is 1. The Balaban J connectivity index is 3.12. The van der Waals surface area contributed by atoms with Gasteiger partial charge in [-0.15, -0.1) is 6.58 Å². The number of rotatable bonds is 5. The Bertz CT molecular complexity index is 350. The fraction of sp³-hybridized carbons (Fsp3) is 0.250. The van der Waals surface area contributed by atoms with Crippen LogP contribution in [0.25, 0.3) is 0 Å². The molecule has 0 heterocycles. The third-order valence-electron chi connectivity index (χ3n) is 2.09. The van der Waals surface area contributed by atoms with E-state index in [0.717, 1.165) is 6.29 Å². The van der Waals surface area contributed by atoms with Crippen LogP contribution in [0.1, 0.15) is 18.4 Å². The smallest absolute Gasteiger partial charge is 0.161 e. The highest BCUT2D eigenvalue weighted by Crippen LogP contribution is 2.34. The molecular weight excluding hydrogens is 192 g/mol. The Morgan fingerprint density at radius 2 is 2.33 bits per heavy atom. The molecule has 3 heteroatoms. The Morgan fingerprint density at radius 3 is 2.87 bits per heavy atom. The van der Waals surface area contributed by atoms with Gasteiger partial charge in [-0.3, -0.25) is 0 Å². The van der Waals surface area contributed by atoms with E-state index in [-0.39, 0.29) is 5.75 Å². The summed E-state index contributed by atoms with van der Waals surface area (Å²) < 4.78 is 5.22. The summed E-state index contributed by atoms with van der Waals surface area (Å²) in [6.45, 7) is 5.84. The van der Waals surface area contributed by atoms with Crippen LogP contribution in [-0.2, 0) is 4.79 Å². The zero-order chi connectivity index (χ0) is 11.3. The van der Waals surface area contributed by atoms with Crippen molar-refractivity contribution < 1.29 is 14.6 Å². The van der Waals surface area contributed by atoms with Crippen molar-refractivity contribution in [3.05, 3.63) is 36.4 Å². The number of benzene rings is 1. The minimum Gasteiger partial charge on any atom is -0.504 e. The molecule has 0 aliphatic heterocycles. The number of carbonyl (C=O) groups excluding carboxylic acids is 1. The summed E-state index contributed by atoms with van der Waals surface area (Å²) in [6, 6.07) is 5.08. The highest BCUT2D eigenvalue weighted by atomic mass is 16.5. The largest absolute Gasteiger partial charge is 0.504 e. The molecule has 0 bridgehead atoms. The number of hydrogen-bond acceptors (Lipinski definition) is 3. The van der Waals surface area contributed by atoms with Gasteiger partial charge in [0.25, 0.3) is 0 Å². The van der Waals surface area contributed by atoms with E-state index in [1.807, 2.05) is 6.92 Å². The van der Waals surface area contributed by atoms with Crippen LogP contribution in [0.5, 0.6) is 11.5 Å². The molecule has 0 aliphatic carbocycles. The minimum atomic E-state index is -0.495. The van der Waals surface area contributed by atoms with E-state index < -0.39 is 5.92 Å². The van der Waals surface area contributed by atoms with E-state index in [1.54, 1.807) is 18.2 Å². The molecule has 1 atom stereocenters. The number of para-hydroxylation sites is 1. The monoisotopic (exact) mass is 206 g/mol. The summed E-state index contributed by atoms with van der Waals surface area (Å²) in [5.74, 6) is -0.0922. The highest BCUT2D eigenvalue weighted by Gasteiger charge is 2.14. The second-order valence-electron chi connectivity index (χ2n) is 3.02. The van der Waals surface area contributed by atoms with Crippen LogP contribution in [0, 0.1) is 0 Å². The van der Waals surface area contributed by atoms with Gasteiger partial charge in [-0.2, -0.15) is 0 Å². The lowest BCUT2D eigenvalue weighted by atomic mass is 9.99. The van der Waals surface area contributed by atoms with Gasteiger partial charge in [0.2, 0.25) is 0 Å². The van der Waals surface area contributed by atoms with Crippen LogP contribution >= 0.6 is 0 Å². The molecule has 0 spiro atoms. The summed E-state index contributed by atoms with van der Waals surface area (Å²) in [5, 5.41) is 9.82. The van der Waals surface area contributed by atoms with Crippen LogP contribution in [0.3, 0.4) is 0 Å². The number of aromatic hydroxyl groups is 1. The molecule has 0 fully saturated rings. The topological polar surface area (TPSA) is 46.5 Å². The van der Waals surface area contributed by atoms with Crippen molar-refractivity contribution >= 4 is 6.29 Å². The van der Waals surface area contributed by atoms with Crippen molar-refractivity contribution in [2.24, 2.45) is 0 Å². The first kappa shape index (κ1) is 11.3. The van der Waals surface area contributed by atoms with Gasteiger partial charge < -0.3 is 14.6 Å². The molecule has 80 valence electrons. The Kier molecular flexibility index (Phi) is 3.92. The summed E-state index contributed by atoms with van der Waals surface area (Å²) in [5.41, 5.74) is 0.519. The number of aldehydes is 1. The van der Waals surface area contributed by atoms with Gasteiger partial charge in [0.1, 0.15) is 6.29 Å². The molecule has 3 nitrogen and oxygen atoms in total. The van der Waals surface area contributed by atoms with E-state index in [2.05, 4.69) is 6.58 Å². The van der Waals surface area contributed by atoms with E-state index in [4.69, 9.17) is 4.74 Å². The number of ether oxygens (including phenoxy) is 1. The first-order chi connectivity index (χ1) is 7.24. The number of hydrogen-bond donors (Lipinski definition) is 1. The molecule has 1 N–H and O–H groups in total. The predicted molar refractivity (Wildman–Crippen MR) is 58.3 cm³/mol. The summed E-state index contributed by atoms with van der Waals surface area (Å²) >= 11 is 0. The van der Waals surface area contributed by atoms with E-state index in [0.29, 0.717) is 17.9 Å². The van der Waals surface area contributed by atoms with Crippen molar-refractivity contribution in [2.45, 2.75) is 12.8 Å². The van der Waals surface area contributed by atoms with Crippen LogP contribution in [0.4, 0.5) is 0 Å². The number of allylic oxidation sites excluding steroid dienone is 1. The highest BCUT2D eigenvalue weighted by molar-refractivity contribution is 5.68. The Morgan fingerprint density at radius 1 is 1.60 bits per heavy atom. The average Bonchev–Trinajstić information content (AvgIpc) is 2.25. The van der Waals surface area contributed by atoms with E-state index in [9.17, 15) is 9.90 Å². The van der Waals surface area contributed by atoms with Gasteiger partial charge in [0.15, 0.2) is 11.5 Å². The maximum absolute atomic E-state index is 10.7. The average molecular weight is 206 g/mol. The van der Waals surface area contributed by atoms with Crippen molar-refractivity contribution in [1.29, 1.82) is 0 Å². The molecule has 0 saturated carbocycles. The van der Waals surface area contributed by atoms with Crippen LogP contribution in [0.2, 0.25) is 0 Å². The van der Waals surface area contributed by atoms with Crippen LogP contribution in [0.15, 0.2) is 30.9 Å². The molecule has 1 rings (SSSR count). The van der Waals surface area contributed by atoms with Crippen molar-refractivity contribution in [2.75, 3.05) is 6.61 Å². The van der Waals surface area contributed by atoms with Crippen molar-refractivity contribution in [1.82, 2.24) is 0 Å². The minimum absolute atomic E-state index is 0.0105. The maximum atomic E-state index is 10.7. The molecule has 1 aromatic rings. The van der Waals surface area contributed by atoms with Crippen LogP contribution in [-0.4, -0.2) is 18.0 Å². The molecule has 0 radical (unpaired) electrons. The standard InChI is InChI=1S/C12H14O3/c1-3-9(8-13)10-6-5-7-11(12(10)14)15-4-2/h3,5-9,14H,1,4H2,2H3. The third-order valence-corrected chi connectivity index (χ3v) is 2.09. The molecule has 0 aliphatic rings. The van der Waals surface area contributed by atoms with E-state index >= 15 is 0 Å². The zero-order valence-corrected chi connectivity index (χ0v) is 8.64. The molecular formula is C12H14O3. The molecule has 1 aromatic carbocycles. The second-order valence-corrected chi connectivity index (χ2v) is 3.02. The lowest BCUT2D eigenvalue weighted by Gasteiger charge is -2.11. The zero-order valence-electron chi connectivity index (χ0n) is 8.64. The van der Waals surface area contributed by atoms with Crippen molar-refractivity contribution in [3.8, 4) is 11.5 Å². The normalized spacial score (nSPS) is 11.8. The fourth-order valence-corrected chi connectivity index (χ4v) is 1.34. The molecule has 1 unspecified atom stereocenters. The van der Waals surface area contributed by atoms with Gasteiger partial charge >= 0.3 is 0 Å². The number of phenols is 1. The molecule has 15 heavy (non-hydrogen) atoms. The Hall–Kier alpha value is -1.77. The van der Waals surface area contributed by atoms with Gasteiger partial charge in [0, 0.05) is 5.56 Å². The summed E-state index contributed by atoms with van der Waals surface area (Å²) in [7, 11) is 0. The lowest BCUT2D eigenvalue weighted by Crippen LogP contribution is -1.99. The van der Waals surface area contributed by atoms with Crippen molar-refractivity contribution in [3.63, 3.8) is 0 Å². The quantitative estimate of drug-likeness (QED) is 0.593. The van der Waals surface area contributed by atoms with Gasteiger partial charge in [0.05, 0.1) is 12.5 Å². The number of phenolic OH excluding ortho intramolecular Hbond substituents is 1. The predicted octanol–water partition coefficient (Wildman–Crippen LogP) is 2.26. The summed E-state index contributed by atoms with van der Waals surface area (Å²) in [6.07, 6.45) is 2.22. The van der Waals surface area contributed by atoms with Gasteiger partial charge in [-0.1, -0.05) is 18.2 Å². The second kappa shape index (κ2) is 5.20.